The van der Waals surface area contributed by atoms with Gasteiger partial charge < -0.3 is 9.64 Å². The van der Waals surface area contributed by atoms with E-state index in [4.69, 9.17) is 4.74 Å². The molecule has 0 bridgehead atoms. The van der Waals surface area contributed by atoms with Gasteiger partial charge in [0.05, 0.1) is 6.61 Å². The summed E-state index contributed by atoms with van der Waals surface area (Å²) in [5, 5.41) is 0. The van der Waals surface area contributed by atoms with Gasteiger partial charge >= 0.3 is 0 Å². The van der Waals surface area contributed by atoms with Crippen LogP contribution in [-0.4, -0.2) is 32.1 Å². The zero-order valence-electron chi connectivity index (χ0n) is 11.6. The molecule has 0 unspecified atom stereocenters. The standard InChI is InChI=1S/C15H25NO/c1-5-13(2)14-9-6-7-10-15(14)17-12-8-11-16(3)4/h6-7,9-10,13H,5,8,11-12H2,1-4H3/t13-/m0/s1. The van der Waals surface area contributed by atoms with Crippen molar-refractivity contribution in [1.82, 2.24) is 4.90 Å². The Balaban J connectivity index is 2.52. The maximum absolute atomic E-state index is 5.88. The summed E-state index contributed by atoms with van der Waals surface area (Å²) in [5.41, 5.74) is 1.33. The minimum absolute atomic E-state index is 0.569. The maximum atomic E-state index is 5.88. The van der Waals surface area contributed by atoms with Crippen LogP contribution in [0.25, 0.3) is 0 Å². The third-order valence-electron chi connectivity index (χ3n) is 3.07. The van der Waals surface area contributed by atoms with E-state index in [0.717, 1.165) is 31.7 Å². The van der Waals surface area contributed by atoms with E-state index in [1.165, 1.54) is 5.56 Å². The average Bonchev–Trinajstić information content (AvgIpc) is 2.34. The molecule has 0 aliphatic carbocycles. The minimum atomic E-state index is 0.569. The molecule has 0 spiro atoms. The smallest absolute Gasteiger partial charge is 0.122 e. The molecule has 1 rings (SSSR count). The molecule has 0 aromatic heterocycles. The van der Waals surface area contributed by atoms with Crippen molar-refractivity contribution in [2.45, 2.75) is 32.6 Å². The summed E-state index contributed by atoms with van der Waals surface area (Å²) in [6, 6.07) is 8.40. The second-order valence-corrected chi connectivity index (χ2v) is 4.85. The summed E-state index contributed by atoms with van der Waals surface area (Å²) >= 11 is 0. The molecule has 1 aromatic carbocycles. The lowest BCUT2D eigenvalue weighted by Crippen LogP contribution is -2.15. The van der Waals surface area contributed by atoms with Crippen LogP contribution < -0.4 is 4.74 Å². The largest absolute Gasteiger partial charge is 0.493 e. The van der Waals surface area contributed by atoms with Gasteiger partial charge in [-0.05, 0) is 44.5 Å². The Morgan fingerprint density at radius 1 is 1.24 bits per heavy atom. The normalized spacial score (nSPS) is 12.8. The highest BCUT2D eigenvalue weighted by molar-refractivity contribution is 5.35. The van der Waals surface area contributed by atoms with Gasteiger partial charge in [0.25, 0.3) is 0 Å². The van der Waals surface area contributed by atoms with Gasteiger partial charge in [0.15, 0.2) is 0 Å². The monoisotopic (exact) mass is 235 g/mol. The molecule has 96 valence electrons. The molecule has 0 fully saturated rings. The second-order valence-electron chi connectivity index (χ2n) is 4.85. The first-order valence-corrected chi connectivity index (χ1v) is 6.51. The number of para-hydroxylation sites is 1. The number of hydrogen-bond donors (Lipinski definition) is 0. The molecule has 1 aromatic rings. The zero-order chi connectivity index (χ0) is 12.7. The molecular weight excluding hydrogens is 210 g/mol. The van der Waals surface area contributed by atoms with Crippen molar-refractivity contribution >= 4 is 0 Å². The molecule has 17 heavy (non-hydrogen) atoms. The fraction of sp³-hybridized carbons (Fsp3) is 0.600. The Bertz CT molecular complexity index is 322. The molecule has 0 saturated heterocycles. The predicted molar refractivity (Wildman–Crippen MR) is 73.8 cm³/mol. The van der Waals surface area contributed by atoms with Gasteiger partial charge in [-0.15, -0.1) is 0 Å². The van der Waals surface area contributed by atoms with Crippen LogP contribution in [0.2, 0.25) is 0 Å². The molecule has 0 heterocycles. The highest BCUT2D eigenvalue weighted by atomic mass is 16.5. The van der Waals surface area contributed by atoms with E-state index >= 15 is 0 Å². The molecule has 0 aliphatic rings. The first-order valence-electron chi connectivity index (χ1n) is 6.51. The summed E-state index contributed by atoms with van der Waals surface area (Å²) in [7, 11) is 4.18. The van der Waals surface area contributed by atoms with Crippen molar-refractivity contribution < 1.29 is 4.74 Å². The molecule has 0 N–H and O–H groups in total. The van der Waals surface area contributed by atoms with Crippen LogP contribution >= 0.6 is 0 Å². The fourth-order valence-electron chi connectivity index (χ4n) is 1.80. The van der Waals surface area contributed by atoms with Crippen molar-refractivity contribution in [3.63, 3.8) is 0 Å². The summed E-state index contributed by atoms with van der Waals surface area (Å²) < 4.78 is 5.88. The average molecular weight is 235 g/mol. The van der Waals surface area contributed by atoms with Gasteiger partial charge in [0.1, 0.15) is 5.75 Å². The number of benzene rings is 1. The summed E-state index contributed by atoms with van der Waals surface area (Å²) in [5.74, 6) is 1.63. The van der Waals surface area contributed by atoms with Crippen molar-refractivity contribution in [2.24, 2.45) is 0 Å². The molecule has 2 heteroatoms. The van der Waals surface area contributed by atoms with E-state index in [0.29, 0.717) is 5.92 Å². The molecular formula is C15H25NO. The van der Waals surface area contributed by atoms with Crippen LogP contribution in [0.4, 0.5) is 0 Å². The van der Waals surface area contributed by atoms with Gasteiger partial charge in [0, 0.05) is 6.54 Å². The van der Waals surface area contributed by atoms with Crippen LogP contribution in [0.15, 0.2) is 24.3 Å². The van der Waals surface area contributed by atoms with Crippen molar-refractivity contribution in [2.75, 3.05) is 27.2 Å². The summed E-state index contributed by atoms with van der Waals surface area (Å²) in [6.07, 6.45) is 2.22. The number of rotatable bonds is 7. The topological polar surface area (TPSA) is 12.5 Å². The van der Waals surface area contributed by atoms with E-state index in [1.807, 2.05) is 6.07 Å². The Labute approximate surface area is 106 Å². The molecule has 0 saturated carbocycles. The highest BCUT2D eigenvalue weighted by Gasteiger charge is 2.08. The third kappa shape index (κ3) is 4.78. The SMILES string of the molecule is CC[C@H](C)c1ccccc1OCCCN(C)C. The van der Waals surface area contributed by atoms with Crippen LogP contribution in [0.1, 0.15) is 38.2 Å². The summed E-state index contributed by atoms with van der Waals surface area (Å²) in [6.45, 7) is 6.34. The van der Waals surface area contributed by atoms with Crippen LogP contribution in [-0.2, 0) is 0 Å². The van der Waals surface area contributed by atoms with Gasteiger partial charge in [-0.25, -0.2) is 0 Å². The van der Waals surface area contributed by atoms with Gasteiger partial charge in [-0.2, -0.15) is 0 Å². The van der Waals surface area contributed by atoms with Crippen molar-refractivity contribution in [1.29, 1.82) is 0 Å². The fourth-order valence-corrected chi connectivity index (χ4v) is 1.80. The number of hydrogen-bond acceptors (Lipinski definition) is 2. The third-order valence-corrected chi connectivity index (χ3v) is 3.07. The van der Waals surface area contributed by atoms with Gasteiger partial charge in [0.2, 0.25) is 0 Å². The highest BCUT2D eigenvalue weighted by Crippen LogP contribution is 2.28. The Hall–Kier alpha value is -1.02. The molecule has 0 aliphatic heterocycles. The summed E-state index contributed by atoms with van der Waals surface area (Å²) in [4.78, 5) is 2.18. The van der Waals surface area contributed by atoms with Crippen LogP contribution in [0.5, 0.6) is 5.75 Å². The maximum Gasteiger partial charge on any atom is 0.122 e. The molecule has 0 amide bonds. The van der Waals surface area contributed by atoms with E-state index in [9.17, 15) is 0 Å². The lowest BCUT2D eigenvalue weighted by atomic mass is 9.98. The quantitative estimate of drug-likeness (QED) is 0.670. The minimum Gasteiger partial charge on any atom is -0.493 e. The second kappa shape index (κ2) is 7.33. The number of ether oxygens (including phenoxy) is 1. The Kier molecular flexibility index (Phi) is 6.06. The molecule has 1 atom stereocenters. The van der Waals surface area contributed by atoms with Crippen LogP contribution in [0.3, 0.4) is 0 Å². The van der Waals surface area contributed by atoms with Gasteiger partial charge in [-0.1, -0.05) is 32.0 Å². The van der Waals surface area contributed by atoms with Crippen LogP contribution in [0, 0.1) is 0 Å². The lowest BCUT2D eigenvalue weighted by Gasteiger charge is -2.16. The number of nitrogens with zero attached hydrogens (tertiary/aromatic N) is 1. The Morgan fingerprint density at radius 2 is 1.94 bits per heavy atom. The lowest BCUT2D eigenvalue weighted by molar-refractivity contribution is 0.278. The Morgan fingerprint density at radius 3 is 2.59 bits per heavy atom. The predicted octanol–water partition coefficient (Wildman–Crippen LogP) is 3.53. The van der Waals surface area contributed by atoms with Gasteiger partial charge in [-0.3, -0.25) is 0 Å². The van der Waals surface area contributed by atoms with E-state index in [2.05, 4.69) is 51.0 Å². The molecule has 2 nitrogen and oxygen atoms in total. The van der Waals surface area contributed by atoms with E-state index in [1.54, 1.807) is 0 Å². The van der Waals surface area contributed by atoms with Crippen molar-refractivity contribution in [3.8, 4) is 5.75 Å². The van der Waals surface area contributed by atoms with E-state index in [-0.39, 0.29) is 0 Å². The first-order chi connectivity index (χ1) is 8.15. The molecule has 0 radical (unpaired) electrons. The van der Waals surface area contributed by atoms with E-state index < -0.39 is 0 Å². The first kappa shape index (κ1) is 14.0. The zero-order valence-corrected chi connectivity index (χ0v) is 11.6. The van der Waals surface area contributed by atoms with Crippen molar-refractivity contribution in [3.05, 3.63) is 29.8 Å².